The van der Waals surface area contributed by atoms with E-state index in [9.17, 15) is 0 Å². The van der Waals surface area contributed by atoms with Crippen LogP contribution < -0.4 is 5.32 Å². The zero-order valence-electron chi connectivity index (χ0n) is 14.2. The van der Waals surface area contributed by atoms with Crippen LogP contribution in [-0.2, 0) is 12.8 Å². The maximum atomic E-state index is 4.61. The van der Waals surface area contributed by atoms with Crippen molar-refractivity contribution in [2.45, 2.75) is 38.1 Å². The number of fused-ring (bicyclic) bond motifs is 3. The lowest BCUT2D eigenvalue weighted by Gasteiger charge is -2.27. The van der Waals surface area contributed by atoms with Crippen LogP contribution in [0.4, 0.5) is 5.82 Å². The lowest BCUT2D eigenvalue weighted by molar-refractivity contribution is 0.259. The molecule has 0 amide bonds. The number of hydrogen-bond donors (Lipinski definition) is 1. The Morgan fingerprint density at radius 2 is 2.08 bits per heavy atom. The number of rotatable bonds is 5. The van der Waals surface area contributed by atoms with Crippen LogP contribution in [0.5, 0.6) is 0 Å². The molecule has 1 atom stereocenters. The summed E-state index contributed by atoms with van der Waals surface area (Å²) in [6.45, 7) is 3.33. The van der Waals surface area contributed by atoms with Crippen molar-refractivity contribution in [3.63, 3.8) is 0 Å². The second-order valence-corrected chi connectivity index (χ2v) is 8.98. The Morgan fingerprint density at radius 3 is 2.92 bits per heavy atom. The Kier molecular flexibility index (Phi) is 4.19. The molecule has 3 aromatic rings. The predicted molar refractivity (Wildman–Crippen MR) is 106 cm³/mol. The highest BCUT2D eigenvalue weighted by molar-refractivity contribution is 7.19. The van der Waals surface area contributed by atoms with Gasteiger partial charge in [0.1, 0.15) is 17.0 Å². The number of nitrogens with one attached hydrogen (secondary N) is 1. The molecule has 0 saturated carbocycles. The molecular formula is C19H22N4S2. The molecular weight excluding hydrogens is 348 g/mol. The van der Waals surface area contributed by atoms with E-state index in [0.29, 0.717) is 6.04 Å². The van der Waals surface area contributed by atoms with E-state index in [1.807, 2.05) is 22.7 Å². The van der Waals surface area contributed by atoms with Crippen LogP contribution in [0.2, 0.25) is 0 Å². The summed E-state index contributed by atoms with van der Waals surface area (Å²) in [6.07, 6.45) is 8.01. The molecule has 1 unspecified atom stereocenters. The average molecular weight is 371 g/mol. The van der Waals surface area contributed by atoms with Crippen LogP contribution in [0.15, 0.2) is 23.8 Å². The van der Waals surface area contributed by atoms with E-state index >= 15 is 0 Å². The lowest BCUT2D eigenvalue weighted by atomic mass is 10.1. The Balaban J connectivity index is 1.44. The first-order valence-corrected chi connectivity index (χ1v) is 10.9. The molecule has 1 aliphatic heterocycles. The van der Waals surface area contributed by atoms with Crippen molar-refractivity contribution in [2.75, 3.05) is 25.0 Å². The molecule has 4 nitrogen and oxygen atoms in total. The molecule has 5 rings (SSSR count). The number of likely N-dealkylation sites (tertiary alicyclic amines) is 1. The number of thiophene rings is 2. The quantitative estimate of drug-likeness (QED) is 0.718. The SMILES string of the molecule is c1csc(C(CNc2ncnc3sc4c(c23)CCC4)N2CCCC2)c1. The minimum absolute atomic E-state index is 0.444. The van der Waals surface area contributed by atoms with Gasteiger partial charge in [-0.3, -0.25) is 4.90 Å². The van der Waals surface area contributed by atoms with Gasteiger partial charge in [-0.2, -0.15) is 0 Å². The number of aryl methyl sites for hydroxylation is 2. The first-order valence-electron chi connectivity index (χ1n) is 9.17. The van der Waals surface area contributed by atoms with Crippen LogP contribution >= 0.6 is 22.7 Å². The summed E-state index contributed by atoms with van der Waals surface area (Å²) < 4.78 is 0. The van der Waals surface area contributed by atoms with E-state index in [0.717, 1.165) is 17.2 Å². The van der Waals surface area contributed by atoms with Gasteiger partial charge in [0.25, 0.3) is 0 Å². The van der Waals surface area contributed by atoms with Crippen LogP contribution in [0, 0.1) is 0 Å². The highest BCUT2D eigenvalue weighted by atomic mass is 32.1. The van der Waals surface area contributed by atoms with E-state index in [1.165, 1.54) is 65.9 Å². The van der Waals surface area contributed by atoms with Crippen LogP contribution in [-0.4, -0.2) is 34.5 Å². The molecule has 1 fully saturated rings. The summed E-state index contributed by atoms with van der Waals surface area (Å²) in [5.74, 6) is 1.03. The molecule has 4 heterocycles. The van der Waals surface area contributed by atoms with E-state index in [2.05, 4.69) is 37.7 Å². The highest BCUT2D eigenvalue weighted by Gasteiger charge is 2.25. The van der Waals surface area contributed by atoms with Gasteiger partial charge in [0.2, 0.25) is 0 Å². The maximum absolute atomic E-state index is 4.61. The minimum Gasteiger partial charge on any atom is -0.367 e. The van der Waals surface area contributed by atoms with Gasteiger partial charge in [0.05, 0.1) is 11.4 Å². The average Bonchev–Trinajstić information content (AvgIpc) is 3.39. The molecule has 0 spiro atoms. The normalized spacial score (nSPS) is 18.7. The maximum Gasteiger partial charge on any atom is 0.138 e. The molecule has 0 bridgehead atoms. The number of anilines is 1. The van der Waals surface area contributed by atoms with E-state index in [4.69, 9.17) is 0 Å². The Labute approximate surface area is 155 Å². The molecule has 6 heteroatoms. The van der Waals surface area contributed by atoms with Crippen molar-refractivity contribution in [2.24, 2.45) is 0 Å². The van der Waals surface area contributed by atoms with E-state index in [1.54, 1.807) is 6.33 Å². The molecule has 1 saturated heterocycles. The van der Waals surface area contributed by atoms with Gasteiger partial charge in [-0.15, -0.1) is 22.7 Å². The third-order valence-electron chi connectivity index (χ3n) is 5.42. The lowest BCUT2D eigenvalue weighted by Crippen LogP contribution is -2.30. The topological polar surface area (TPSA) is 41.1 Å². The van der Waals surface area contributed by atoms with Crippen LogP contribution in [0.3, 0.4) is 0 Å². The van der Waals surface area contributed by atoms with Crippen LogP contribution in [0.25, 0.3) is 10.2 Å². The smallest absolute Gasteiger partial charge is 0.138 e. The van der Waals surface area contributed by atoms with Crippen molar-refractivity contribution in [3.05, 3.63) is 39.2 Å². The van der Waals surface area contributed by atoms with Gasteiger partial charge in [0, 0.05) is 16.3 Å². The van der Waals surface area contributed by atoms with Gasteiger partial charge >= 0.3 is 0 Å². The zero-order chi connectivity index (χ0) is 16.6. The van der Waals surface area contributed by atoms with Crippen molar-refractivity contribution < 1.29 is 0 Å². The molecule has 25 heavy (non-hydrogen) atoms. The van der Waals surface area contributed by atoms with Gasteiger partial charge in [-0.05, 0) is 62.2 Å². The fraction of sp³-hybridized carbons (Fsp3) is 0.474. The van der Waals surface area contributed by atoms with Gasteiger partial charge in [-0.1, -0.05) is 6.07 Å². The second-order valence-electron chi connectivity index (χ2n) is 6.91. The van der Waals surface area contributed by atoms with Gasteiger partial charge < -0.3 is 5.32 Å². The first-order chi connectivity index (χ1) is 12.4. The molecule has 130 valence electrons. The summed E-state index contributed by atoms with van der Waals surface area (Å²) in [4.78, 5) is 15.9. The summed E-state index contributed by atoms with van der Waals surface area (Å²) >= 11 is 3.72. The summed E-state index contributed by atoms with van der Waals surface area (Å²) in [6, 6.07) is 4.88. The number of hydrogen-bond acceptors (Lipinski definition) is 6. The summed E-state index contributed by atoms with van der Waals surface area (Å²) in [5.41, 5.74) is 1.50. The predicted octanol–water partition coefficient (Wildman–Crippen LogP) is 4.49. The number of aromatic nitrogens is 2. The Bertz CT molecular complexity index is 865. The van der Waals surface area contributed by atoms with Crippen molar-refractivity contribution >= 4 is 38.7 Å². The Hall–Kier alpha value is -1.50. The number of nitrogens with zero attached hydrogens (tertiary/aromatic N) is 3. The van der Waals surface area contributed by atoms with E-state index < -0.39 is 0 Å². The largest absolute Gasteiger partial charge is 0.367 e. The Morgan fingerprint density at radius 1 is 1.16 bits per heavy atom. The summed E-state index contributed by atoms with van der Waals surface area (Å²) in [7, 11) is 0. The van der Waals surface area contributed by atoms with Crippen molar-refractivity contribution in [1.82, 2.24) is 14.9 Å². The third kappa shape index (κ3) is 2.86. The second kappa shape index (κ2) is 6.67. The third-order valence-corrected chi connectivity index (χ3v) is 7.59. The molecule has 0 radical (unpaired) electrons. The monoisotopic (exact) mass is 370 g/mol. The molecule has 1 aliphatic carbocycles. The van der Waals surface area contributed by atoms with Crippen molar-refractivity contribution in [3.8, 4) is 0 Å². The van der Waals surface area contributed by atoms with E-state index in [-0.39, 0.29) is 0 Å². The zero-order valence-corrected chi connectivity index (χ0v) is 15.8. The standard InChI is InChI=1S/C19H22N4S2/c1-2-9-23(8-1)14(16-7-4-10-24-16)11-20-18-17-13-5-3-6-15(13)25-19(17)22-12-21-18/h4,7,10,12,14H,1-3,5-6,8-9,11H2,(H,20,21,22). The molecule has 2 aliphatic rings. The minimum atomic E-state index is 0.444. The fourth-order valence-electron chi connectivity index (χ4n) is 4.20. The first kappa shape index (κ1) is 15.7. The van der Waals surface area contributed by atoms with Crippen LogP contribution in [0.1, 0.15) is 40.6 Å². The van der Waals surface area contributed by atoms with Gasteiger partial charge in [-0.25, -0.2) is 9.97 Å². The highest BCUT2D eigenvalue weighted by Crippen LogP contribution is 2.39. The van der Waals surface area contributed by atoms with Crippen molar-refractivity contribution in [1.29, 1.82) is 0 Å². The fourth-order valence-corrected chi connectivity index (χ4v) is 6.29. The molecule has 0 aromatic carbocycles. The molecule has 3 aromatic heterocycles. The van der Waals surface area contributed by atoms with Gasteiger partial charge in [0.15, 0.2) is 0 Å². The molecule has 1 N–H and O–H groups in total. The summed E-state index contributed by atoms with van der Waals surface area (Å²) in [5, 5.41) is 7.16.